The van der Waals surface area contributed by atoms with Crippen molar-refractivity contribution in [3.05, 3.63) is 59.9 Å². The molecule has 1 saturated heterocycles. The van der Waals surface area contributed by atoms with Crippen LogP contribution in [0.1, 0.15) is 41.9 Å². The zero-order valence-electron chi connectivity index (χ0n) is 17.2. The lowest BCUT2D eigenvalue weighted by molar-refractivity contribution is -0.126. The largest absolute Gasteiger partial charge is 0.353 e. The van der Waals surface area contributed by atoms with E-state index >= 15 is 0 Å². The van der Waals surface area contributed by atoms with E-state index in [0.29, 0.717) is 24.7 Å². The molecule has 5 rings (SSSR count). The number of imidazole rings is 1. The summed E-state index contributed by atoms with van der Waals surface area (Å²) < 4.78 is 2.10. The summed E-state index contributed by atoms with van der Waals surface area (Å²) in [5.41, 5.74) is 3.47. The first-order valence-electron chi connectivity index (χ1n) is 10.7. The first-order valence-corrected chi connectivity index (χ1v) is 10.7. The maximum atomic E-state index is 13.2. The molecule has 1 saturated carbocycles. The van der Waals surface area contributed by atoms with Gasteiger partial charge in [-0.05, 0) is 62.9 Å². The lowest BCUT2D eigenvalue weighted by Crippen LogP contribution is -2.45. The number of carbonyl (C=O) groups is 2. The molecule has 3 aromatic rings. The fourth-order valence-corrected chi connectivity index (χ4v) is 4.34. The molecule has 0 spiro atoms. The van der Waals surface area contributed by atoms with Crippen molar-refractivity contribution in [2.45, 2.75) is 38.6 Å². The molecule has 6 nitrogen and oxygen atoms in total. The second-order valence-electron chi connectivity index (χ2n) is 8.41. The van der Waals surface area contributed by atoms with Gasteiger partial charge in [-0.15, -0.1) is 0 Å². The molecule has 1 aliphatic heterocycles. The molecule has 2 aliphatic rings. The monoisotopic (exact) mass is 402 g/mol. The lowest BCUT2D eigenvalue weighted by atomic mass is 9.96. The summed E-state index contributed by atoms with van der Waals surface area (Å²) in [5, 5.41) is 3.08. The highest BCUT2D eigenvalue weighted by Gasteiger charge is 2.32. The van der Waals surface area contributed by atoms with Crippen molar-refractivity contribution in [1.82, 2.24) is 19.8 Å². The second kappa shape index (κ2) is 7.59. The summed E-state index contributed by atoms with van der Waals surface area (Å²) in [4.78, 5) is 32.1. The zero-order valence-corrected chi connectivity index (χ0v) is 17.2. The van der Waals surface area contributed by atoms with Crippen LogP contribution < -0.4 is 5.32 Å². The number of aryl methyl sites for hydroxylation is 1. The van der Waals surface area contributed by atoms with Gasteiger partial charge in [-0.3, -0.25) is 14.2 Å². The number of hydrogen-bond acceptors (Lipinski definition) is 3. The Kier molecular flexibility index (Phi) is 4.77. The van der Waals surface area contributed by atoms with Crippen LogP contribution in [-0.2, 0) is 4.79 Å². The lowest BCUT2D eigenvalue weighted by Gasteiger charge is -2.32. The van der Waals surface area contributed by atoms with Crippen molar-refractivity contribution in [1.29, 1.82) is 0 Å². The molecule has 2 amide bonds. The first-order chi connectivity index (χ1) is 14.6. The number of piperidine rings is 1. The summed E-state index contributed by atoms with van der Waals surface area (Å²) in [5.74, 6) is 0.859. The van der Waals surface area contributed by atoms with Gasteiger partial charge < -0.3 is 10.2 Å². The fourth-order valence-electron chi connectivity index (χ4n) is 4.34. The zero-order chi connectivity index (χ0) is 20.7. The molecule has 0 bridgehead atoms. The topological polar surface area (TPSA) is 67.2 Å². The van der Waals surface area contributed by atoms with Crippen molar-refractivity contribution in [3.8, 4) is 5.69 Å². The number of rotatable bonds is 4. The van der Waals surface area contributed by atoms with Gasteiger partial charge in [0.2, 0.25) is 5.91 Å². The van der Waals surface area contributed by atoms with Gasteiger partial charge in [0.15, 0.2) is 0 Å². The van der Waals surface area contributed by atoms with Gasteiger partial charge >= 0.3 is 0 Å². The van der Waals surface area contributed by atoms with Crippen molar-refractivity contribution >= 4 is 22.8 Å². The van der Waals surface area contributed by atoms with Crippen LogP contribution in [0.2, 0.25) is 0 Å². The smallest absolute Gasteiger partial charge is 0.253 e. The third kappa shape index (κ3) is 3.58. The van der Waals surface area contributed by atoms with Crippen molar-refractivity contribution in [2.75, 3.05) is 13.1 Å². The summed E-state index contributed by atoms with van der Waals surface area (Å²) in [6, 6.07) is 16.2. The molecule has 1 atom stereocenters. The maximum absolute atomic E-state index is 13.2. The molecule has 1 aliphatic carbocycles. The molecule has 1 unspecified atom stereocenters. The van der Waals surface area contributed by atoms with Crippen LogP contribution in [0, 0.1) is 12.8 Å². The van der Waals surface area contributed by atoms with Gasteiger partial charge in [0.05, 0.1) is 17.0 Å². The van der Waals surface area contributed by atoms with E-state index in [1.165, 1.54) is 0 Å². The van der Waals surface area contributed by atoms with E-state index in [9.17, 15) is 9.59 Å². The molecular weight excluding hydrogens is 376 g/mol. The van der Waals surface area contributed by atoms with Gasteiger partial charge in [-0.2, -0.15) is 0 Å². The van der Waals surface area contributed by atoms with E-state index in [0.717, 1.165) is 48.2 Å². The number of hydrogen-bond donors (Lipinski definition) is 1. The maximum Gasteiger partial charge on any atom is 0.253 e. The van der Waals surface area contributed by atoms with E-state index in [1.54, 1.807) is 0 Å². The van der Waals surface area contributed by atoms with Gasteiger partial charge in [-0.25, -0.2) is 4.98 Å². The molecule has 2 heterocycles. The molecule has 154 valence electrons. The molecule has 2 fully saturated rings. The highest BCUT2D eigenvalue weighted by atomic mass is 16.2. The van der Waals surface area contributed by atoms with Crippen molar-refractivity contribution < 1.29 is 9.59 Å². The average Bonchev–Trinajstić information content (AvgIpc) is 3.52. The molecular formula is C24H26N4O2. The number of likely N-dealkylation sites (tertiary alicyclic amines) is 1. The normalized spacial score (nSPS) is 19.1. The summed E-state index contributed by atoms with van der Waals surface area (Å²) in [6.07, 6.45) is 3.87. The van der Waals surface area contributed by atoms with E-state index < -0.39 is 0 Å². The Balaban J connectivity index is 1.38. The SMILES string of the molecule is Cc1nc2cc(C(=O)N3CCCC(C(=O)NC4CC4)C3)ccc2n1-c1ccccc1. The van der Waals surface area contributed by atoms with Crippen LogP contribution in [0.4, 0.5) is 0 Å². The van der Waals surface area contributed by atoms with Crippen LogP contribution in [0.3, 0.4) is 0 Å². The number of nitrogens with zero attached hydrogens (tertiary/aromatic N) is 3. The minimum Gasteiger partial charge on any atom is -0.353 e. The predicted molar refractivity (Wildman–Crippen MR) is 116 cm³/mol. The van der Waals surface area contributed by atoms with Crippen molar-refractivity contribution in [2.24, 2.45) is 5.92 Å². The van der Waals surface area contributed by atoms with E-state index in [2.05, 4.69) is 14.9 Å². The Morgan fingerprint density at radius 1 is 1.07 bits per heavy atom. The predicted octanol–water partition coefficient (Wildman–Crippen LogP) is 3.46. The Labute approximate surface area is 175 Å². The first kappa shape index (κ1) is 18.9. The minimum absolute atomic E-state index is 0.0206. The highest BCUT2D eigenvalue weighted by molar-refractivity contribution is 5.98. The molecule has 2 aromatic carbocycles. The Bertz CT molecular complexity index is 1100. The number of para-hydroxylation sites is 1. The molecule has 1 aromatic heterocycles. The number of nitrogens with one attached hydrogen (secondary N) is 1. The average molecular weight is 402 g/mol. The van der Waals surface area contributed by atoms with Crippen LogP contribution in [0.25, 0.3) is 16.7 Å². The van der Waals surface area contributed by atoms with Gasteiger partial charge in [0.25, 0.3) is 5.91 Å². The number of carbonyl (C=O) groups excluding carboxylic acids is 2. The van der Waals surface area contributed by atoms with E-state index in [-0.39, 0.29) is 17.7 Å². The van der Waals surface area contributed by atoms with Gasteiger partial charge in [0.1, 0.15) is 5.82 Å². The quantitative estimate of drug-likeness (QED) is 0.727. The van der Waals surface area contributed by atoms with E-state index in [1.807, 2.05) is 60.4 Å². The van der Waals surface area contributed by atoms with Gasteiger partial charge in [0, 0.05) is 30.4 Å². The van der Waals surface area contributed by atoms with Crippen LogP contribution in [-0.4, -0.2) is 45.4 Å². The molecule has 1 N–H and O–H groups in total. The number of benzene rings is 2. The Hall–Kier alpha value is -3.15. The van der Waals surface area contributed by atoms with E-state index in [4.69, 9.17) is 0 Å². The fraction of sp³-hybridized carbons (Fsp3) is 0.375. The van der Waals surface area contributed by atoms with Gasteiger partial charge in [-0.1, -0.05) is 18.2 Å². The standard InChI is InChI=1S/C24H26N4O2/c1-16-25-21-14-17(9-12-22(21)28(16)20-7-3-2-4-8-20)24(30)27-13-5-6-18(15-27)23(29)26-19-10-11-19/h2-4,7-9,12,14,18-19H,5-6,10-11,13,15H2,1H3,(H,26,29). The highest BCUT2D eigenvalue weighted by Crippen LogP contribution is 2.25. The minimum atomic E-state index is -0.105. The van der Waals surface area contributed by atoms with Crippen LogP contribution in [0.15, 0.2) is 48.5 Å². The molecule has 6 heteroatoms. The Morgan fingerprint density at radius 2 is 1.87 bits per heavy atom. The van der Waals surface area contributed by atoms with Crippen molar-refractivity contribution in [3.63, 3.8) is 0 Å². The summed E-state index contributed by atoms with van der Waals surface area (Å²) in [6.45, 7) is 3.16. The van der Waals surface area contributed by atoms with Crippen LogP contribution >= 0.6 is 0 Å². The second-order valence-corrected chi connectivity index (χ2v) is 8.41. The third-order valence-electron chi connectivity index (χ3n) is 6.09. The summed E-state index contributed by atoms with van der Waals surface area (Å²) >= 11 is 0. The van der Waals surface area contributed by atoms with Crippen LogP contribution in [0.5, 0.6) is 0 Å². The molecule has 0 radical (unpaired) electrons. The molecule has 30 heavy (non-hydrogen) atoms. The number of aromatic nitrogens is 2. The number of fused-ring (bicyclic) bond motifs is 1. The summed E-state index contributed by atoms with van der Waals surface area (Å²) in [7, 11) is 0. The number of amides is 2. The Morgan fingerprint density at radius 3 is 2.63 bits per heavy atom. The third-order valence-corrected chi connectivity index (χ3v) is 6.09.